The third kappa shape index (κ3) is 50.7. The van der Waals surface area contributed by atoms with Crippen LogP contribution >= 0.6 is 11.6 Å². The zero-order valence-electron chi connectivity index (χ0n) is 62.7. The molecule has 0 saturated carbocycles. The van der Waals surface area contributed by atoms with E-state index in [4.69, 9.17) is 21.2 Å². The molecule has 3 aliphatic rings. The molecule has 0 aromatic rings. The summed E-state index contributed by atoms with van der Waals surface area (Å²) in [4.78, 5) is 79.8. The molecule has 6 atom stereocenters. The first-order chi connectivity index (χ1) is 44.9. The molecule has 0 spiro atoms. The molecular weight excluding hydrogens is 1240 g/mol. The van der Waals surface area contributed by atoms with E-state index < -0.39 is 10.0 Å². The molecule has 550 valence electrons. The van der Waals surface area contributed by atoms with Gasteiger partial charge in [-0.3, -0.25) is 24.1 Å². The van der Waals surface area contributed by atoms with Gasteiger partial charge in [0.15, 0.2) is 0 Å². The summed E-state index contributed by atoms with van der Waals surface area (Å²) in [5.74, 6) is -0.0682. The van der Waals surface area contributed by atoms with Gasteiger partial charge in [-0.25, -0.2) is 17.9 Å². The lowest BCUT2D eigenvalue weighted by Gasteiger charge is -2.43. The smallest absolute Gasteiger partial charge is 0.327 e. The van der Waals surface area contributed by atoms with Crippen molar-refractivity contribution in [2.24, 2.45) is 5.73 Å². The van der Waals surface area contributed by atoms with E-state index in [-0.39, 0.29) is 48.7 Å². The van der Waals surface area contributed by atoms with Gasteiger partial charge in [-0.15, -0.1) is 0 Å². The Kier molecular flexibility index (Phi) is 60.6. The molecule has 21 nitrogen and oxygen atoms in total. The number of piperidine rings is 3. The number of likely N-dealkylation sites (tertiary alicyclic amines) is 3. The fourth-order valence-electron chi connectivity index (χ4n) is 10.0. The Hall–Kier alpha value is -5.30. The van der Waals surface area contributed by atoms with E-state index in [1.54, 1.807) is 42.7 Å². The number of likely N-dealkylation sites (N-methyl/N-ethyl adjacent to an activating group) is 5. The predicted octanol–water partition coefficient (Wildman–Crippen LogP) is 9.42. The fraction of sp³-hybridized carbons (Fsp3) is 0.694. The van der Waals surface area contributed by atoms with Gasteiger partial charge in [0.25, 0.3) is 0 Å². The van der Waals surface area contributed by atoms with Gasteiger partial charge < -0.3 is 60.6 Å². The number of primary amides is 1. The summed E-state index contributed by atoms with van der Waals surface area (Å²) in [6.07, 6.45) is 28.0. The minimum atomic E-state index is -3.47. The number of hydrogen-bond donors (Lipinski definition) is 5. The van der Waals surface area contributed by atoms with Crippen molar-refractivity contribution >= 4 is 58.5 Å². The molecule has 95 heavy (non-hydrogen) atoms. The number of nitrogens with zero attached hydrogens (tertiary/aromatic N) is 7. The first-order valence-electron chi connectivity index (χ1n) is 34.1. The quantitative estimate of drug-likeness (QED) is 0.0135. The molecule has 0 aliphatic carbocycles. The lowest BCUT2D eigenvalue weighted by Crippen LogP contribution is -2.57. The molecule has 3 heterocycles. The maximum Gasteiger partial charge on any atom is 0.327 e. The normalized spacial score (nSPS) is 18.1. The van der Waals surface area contributed by atoms with Crippen LogP contribution in [-0.2, 0) is 43.5 Å². The molecule has 23 heteroatoms. The van der Waals surface area contributed by atoms with Gasteiger partial charge in [-0.05, 0) is 206 Å². The van der Waals surface area contributed by atoms with Crippen molar-refractivity contribution in [3.63, 3.8) is 0 Å². The Balaban J connectivity index is -0.000000564. The summed E-state index contributed by atoms with van der Waals surface area (Å²) >= 11 is 5.71. The zero-order valence-corrected chi connectivity index (χ0v) is 64.3. The van der Waals surface area contributed by atoms with Crippen molar-refractivity contribution in [1.82, 2.24) is 55.0 Å². The average molecular weight is 1380 g/mol. The summed E-state index contributed by atoms with van der Waals surface area (Å²) in [5.41, 5.74) is 8.60. The van der Waals surface area contributed by atoms with Crippen molar-refractivity contribution in [3.8, 4) is 0 Å². The number of halogens is 1. The van der Waals surface area contributed by atoms with Crippen molar-refractivity contribution in [2.75, 3.05) is 127 Å². The van der Waals surface area contributed by atoms with Crippen molar-refractivity contribution in [1.29, 1.82) is 0 Å². The van der Waals surface area contributed by atoms with E-state index in [1.165, 1.54) is 82.6 Å². The van der Waals surface area contributed by atoms with Crippen LogP contribution in [-0.4, -0.2) is 243 Å². The van der Waals surface area contributed by atoms with E-state index in [0.717, 1.165) is 94.3 Å². The molecule has 3 fully saturated rings. The number of unbranched alkanes of at least 4 members (excludes halogenated alkanes) is 2. The van der Waals surface area contributed by atoms with E-state index in [1.807, 2.05) is 34.7 Å². The molecule has 3 saturated heterocycles. The summed E-state index contributed by atoms with van der Waals surface area (Å²) in [7, 11) is 8.32. The van der Waals surface area contributed by atoms with Crippen LogP contribution in [0.1, 0.15) is 167 Å². The lowest BCUT2D eigenvalue weighted by atomic mass is 9.98. The highest BCUT2D eigenvalue weighted by Gasteiger charge is 2.34. The maximum atomic E-state index is 13.1. The Morgan fingerprint density at radius 3 is 1.99 bits per heavy atom. The SMILES string of the molecule is C/C=C/C(C)=C/C=C(\C)CC.C=C(C)CN(CCCCNS(=O)(=O)/C=C/C(C)=C/C=C(\C)Cl)C(C)=O.C=CNC(C)C(=O)OC.C=O.CCCCN(C)C(C)CN(CC)CC(C)NC.CN[C@H]1CCCN(CC(=O)N2CCCCC2CN2CCCC(N(C)C)C2)C1=O.NC=O. The number of nitrogens with one attached hydrogen (secondary N) is 4. The van der Waals surface area contributed by atoms with Crippen LogP contribution in [0, 0.1) is 0 Å². The van der Waals surface area contributed by atoms with Crippen LogP contribution in [0.2, 0.25) is 0 Å². The van der Waals surface area contributed by atoms with E-state index in [2.05, 4.69) is 163 Å². The third-order valence-corrected chi connectivity index (χ3v) is 17.4. The molecule has 3 rings (SSSR count). The number of carbonyl (C=O) groups excluding carboxylic acids is 6. The predicted molar refractivity (Wildman–Crippen MR) is 399 cm³/mol. The highest BCUT2D eigenvalue weighted by atomic mass is 35.5. The zero-order chi connectivity index (χ0) is 73.5. The topological polar surface area (TPSA) is 243 Å². The Morgan fingerprint density at radius 2 is 1.46 bits per heavy atom. The van der Waals surface area contributed by atoms with Crippen LogP contribution in [0.5, 0.6) is 0 Å². The molecule has 5 unspecified atom stereocenters. The Bertz CT molecular complexity index is 2420. The summed E-state index contributed by atoms with van der Waals surface area (Å²) in [5, 5.41) is 10.8. The first-order valence-corrected chi connectivity index (χ1v) is 36.0. The largest absolute Gasteiger partial charge is 0.467 e. The second kappa shape index (κ2) is 59.9. The van der Waals surface area contributed by atoms with Gasteiger partial charge in [0.2, 0.25) is 34.2 Å². The lowest BCUT2D eigenvalue weighted by molar-refractivity contribution is -0.145. The molecule has 0 aromatic carbocycles. The van der Waals surface area contributed by atoms with E-state index in [9.17, 15) is 27.6 Å². The number of hydrogen-bond acceptors (Lipinski definition) is 16. The number of methoxy groups -OCH3 is 1. The fourth-order valence-corrected chi connectivity index (χ4v) is 11.0. The summed E-state index contributed by atoms with van der Waals surface area (Å²) < 4.78 is 30.7. The van der Waals surface area contributed by atoms with Crippen molar-refractivity contribution < 1.29 is 41.9 Å². The van der Waals surface area contributed by atoms with Gasteiger partial charge in [0.05, 0.1) is 19.7 Å². The van der Waals surface area contributed by atoms with Crippen molar-refractivity contribution in [3.05, 3.63) is 94.6 Å². The standard InChI is InChI=1S/C21H39N5O2.C18H29ClN2O3S.C14H33N3.C11H18.C6H11NO2.CH3NO.CH2O/c1-22-19-10-7-12-25(21(19)28)16-20(27)26-13-5-4-8-18(26)15-24-11-6-9-17(14-24)23(2)3;1-15(2)14-21(18(5)22)12-7-6-11-20-25(23,24)13-10-16(3)8-9-17(4)19;1-7-9-10-16(6)14(4)12-17(8-2)11-13(3)15-5;1-5-7-11(4)9-8-10(3)6-2;1-4-7-5(2)6(8)9-3;2-1-3;1-2/h17-19,22H,4-16H2,1-3H3;8-10,13,20H,1,6-7,11-12,14H2,2-5H3;13-15H,7-12H2,1-6H3;5,7-9H,6H2,1-4H3;4-5,7H,1H2,2-3H3;1H,(H2,2,3);1H2/b;13-10+,16-8+,17-9+;;7-5+,10-8+,11-9+;;;/t17?,18?,19-;;;;;;/m0....../s1. The van der Waals surface area contributed by atoms with Crippen LogP contribution in [0.4, 0.5) is 0 Å². The first kappa shape index (κ1) is 96.1. The highest BCUT2D eigenvalue weighted by Crippen LogP contribution is 2.22. The number of sulfonamides is 1. The second-order valence-corrected chi connectivity index (χ2v) is 27.0. The number of allylic oxidation sites excluding steroid dienone is 11. The Morgan fingerprint density at radius 1 is 0.842 bits per heavy atom. The van der Waals surface area contributed by atoms with Gasteiger partial charge in [0, 0.05) is 100 Å². The van der Waals surface area contributed by atoms with Gasteiger partial charge in [-0.2, -0.15) is 0 Å². The average Bonchev–Trinajstić information content (AvgIpc) is 0.850. The number of esters is 1. The molecule has 0 radical (unpaired) electrons. The number of amides is 4. The van der Waals surface area contributed by atoms with Crippen LogP contribution in [0.25, 0.3) is 0 Å². The van der Waals surface area contributed by atoms with Crippen LogP contribution in [0.3, 0.4) is 0 Å². The number of ether oxygens (including phenoxy) is 1. The summed E-state index contributed by atoms with van der Waals surface area (Å²) in [6.45, 7) is 46.5. The second-order valence-electron chi connectivity index (χ2n) is 24.8. The van der Waals surface area contributed by atoms with E-state index >= 15 is 0 Å². The molecular formula is C72H135ClN12O9S. The van der Waals surface area contributed by atoms with Gasteiger partial charge in [-0.1, -0.05) is 105 Å². The van der Waals surface area contributed by atoms with Crippen LogP contribution in [0.15, 0.2) is 94.6 Å². The van der Waals surface area contributed by atoms with E-state index in [0.29, 0.717) is 61.8 Å². The number of rotatable bonds is 33. The monoisotopic (exact) mass is 1380 g/mol. The molecule has 6 N–H and O–H groups in total. The summed E-state index contributed by atoms with van der Waals surface area (Å²) in [6, 6.07) is 1.70. The number of nitrogens with two attached hydrogens (primary N) is 1. The molecule has 4 amide bonds. The van der Waals surface area contributed by atoms with Crippen molar-refractivity contribution in [2.45, 2.75) is 203 Å². The van der Waals surface area contributed by atoms with Gasteiger partial charge in [0.1, 0.15) is 12.8 Å². The maximum absolute atomic E-state index is 13.1. The Labute approximate surface area is 583 Å². The molecule has 0 bridgehead atoms. The minimum absolute atomic E-state index is 0.00462. The number of carbonyl (C=O) groups is 6. The minimum Gasteiger partial charge on any atom is -0.467 e. The van der Waals surface area contributed by atoms with Crippen LogP contribution < -0.4 is 26.4 Å². The highest BCUT2D eigenvalue weighted by molar-refractivity contribution is 7.92. The molecule has 0 aromatic heterocycles. The molecule has 3 aliphatic heterocycles. The van der Waals surface area contributed by atoms with Gasteiger partial charge >= 0.3 is 5.97 Å². The third-order valence-electron chi connectivity index (χ3n) is 16.1.